The number of carbonyl (C=O) groups excluding carboxylic acids is 1. The first-order valence-electron chi connectivity index (χ1n) is 4.83. The molecule has 1 aromatic rings. The Kier molecular flexibility index (Phi) is 4.06. The van der Waals surface area contributed by atoms with Crippen LogP contribution in [0.1, 0.15) is 11.6 Å². The molecule has 0 aliphatic heterocycles. The van der Waals surface area contributed by atoms with Crippen molar-refractivity contribution >= 4 is 5.91 Å². The van der Waals surface area contributed by atoms with Gasteiger partial charge in [0.05, 0.1) is 0 Å². The van der Waals surface area contributed by atoms with E-state index >= 15 is 0 Å². The lowest BCUT2D eigenvalue weighted by Crippen LogP contribution is -2.35. The number of hydrogen-bond donors (Lipinski definition) is 1. The van der Waals surface area contributed by atoms with Gasteiger partial charge in [0.1, 0.15) is 6.04 Å². The number of amides is 1. The van der Waals surface area contributed by atoms with Gasteiger partial charge in [-0.05, 0) is 5.56 Å². The van der Waals surface area contributed by atoms with E-state index in [1.165, 1.54) is 0 Å². The van der Waals surface area contributed by atoms with Gasteiger partial charge in [-0.1, -0.05) is 36.4 Å². The fraction of sp³-hybridized carbons (Fsp3) is 0.250. The Morgan fingerprint density at radius 1 is 1.53 bits per heavy atom. The first-order chi connectivity index (χ1) is 7.16. The van der Waals surface area contributed by atoms with E-state index in [1.807, 2.05) is 30.3 Å². The Morgan fingerprint density at radius 3 is 2.67 bits per heavy atom. The molecule has 0 spiro atoms. The van der Waals surface area contributed by atoms with E-state index in [0.29, 0.717) is 6.54 Å². The molecule has 0 aliphatic rings. The van der Waals surface area contributed by atoms with Crippen molar-refractivity contribution in [2.75, 3.05) is 13.6 Å². The highest BCUT2D eigenvalue weighted by molar-refractivity contribution is 5.82. The molecule has 3 heteroatoms. The molecule has 0 bridgehead atoms. The number of nitrogens with zero attached hydrogens (tertiary/aromatic N) is 1. The maximum Gasteiger partial charge on any atom is 0.244 e. The zero-order valence-electron chi connectivity index (χ0n) is 8.89. The molecule has 0 radical (unpaired) electrons. The van der Waals surface area contributed by atoms with Crippen LogP contribution in [-0.2, 0) is 4.79 Å². The zero-order chi connectivity index (χ0) is 11.3. The number of likely N-dealkylation sites (N-methyl/N-ethyl adjacent to an activating group) is 1. The lowest BCUT2D eigenvalue weighted by Gasteiger charge is -2.19. The highest BCUT2D eigenvalue weighted by Gasteiger charge is 2.18. The summed E-state index contributed by atoms with van der Waals surface area (Å²) in [4.78, 5) is 13.3. The molecular weight excluding hydrogens is 188 g/mol. The second kappa shape index (κ2) is 5.32. The SMILES string of the molecule is C=CCN(C)C(=O)C(N)c1ccccc1. The normalized spacial score (nSPS) is 11.9. The summed E-state index contributed by atoms with van der Waals surface area (Å²) in [6.07, 6.45) is 1.68. The lowest BCUT2D eigenvalue weighted by molar-refractivity contribution is -0.130. The van der Waals surface area contributed by atoms with Crippen molar-refractivity contribution in [1.82, 2.24) is 4.90 Å². The van der Waals surface area contributed by atoms with Crippen LogP contribution in [0.15, 0.2) is 43.0 Å². The van der Waals surface area contributed by atoms with Crippen molar-refractivity contribution in [2.24, 2.45) is 5.73 Å². The van der Waals surface area contributed by atoms with Crippen molar-refractivity contribution in [3.05, 3.63) is 48.6 Å². The number of hydrogen-bond acceptors (Lipinski definition) is 2. The molecular formula is C12H16N2O. The Hall–Kier alpha value is -1.61. The van der Waals surface area contributed by atoms with Crippen molar-refractivity contribution in [3.8, 4) is 0 Å². The molecule has 0 saturated carbocycles. The summed E-state index contributed by atoms with van der Waals surface area (Å²) < 4.78 is 0. The highest BCUT2D eigenvalue weighted by Crippen LogP contribution is 2.11. The largest absolute Gasteiger partial charge is 0.340 e. The third-order valence-electron chi connectivity index (χ3n) is 2.20. The topological polar surface area (TPSA) is 46.3 Å². The van der Waals surface area contributed by atoms with E-state index in [1.54, 1.807) is 18.0 Å². The Balaban J connectivity index is 2.72. The fourth-order valence-corrected chi connectivity index (χ4v) is 1.32. The molecule has 15 heavy (non-hydrogen) atoms. The summed E-state index contributed by atoms with van der Waals surface area (Å²) in [5, 5.41) is 0. The molecule has 0 aliphatic carbocycles. The number of nitrogens with two attached hydrogens (primary N) is 1. The van der Waals surface area contributed by atoms with E-state index < -0.39 is 6.04 Å². The predicted molar refractivity (Wildman–Crippen MR) is 61.2 cm³/mol. The van der Waals surface area contributed by atoms with Crippen molar-refractivity contribution < 1.29 is 4.79 Å². The maximum atomic E-state index is 11.8. The Morgan fingerprint density at radius 2 is 2.13 bits per heavy atom. The fourth-order valence-electron chi connectivity index (χ4n) is 1.32. The second-order valence-corrected chi connectivity index (χ2v) is 3.40. The predicted octanol–water partition coefficient (Wildman–Crippen LogP) is 1.33. The Labute approximate surface area is 90.2 Å². The van der Waals surface area contributed by atoms with Gasteiger partial charge in [0.15, 0.2) is 0 Å². The number of carbonyl (C=O) groups is 1. The van der Waals surface area contributed by atoms with E-state index in [4.69, 9.17) is 5.73 Å². The van der Waals surface area contributed by atoms with Gasteiger partial charge in [-0.25, -0.2) is 0 Å². The summed E-state index contributed by atoms with van der Waals surface area (Å²) in [6, 6.07) is 8.76. The van der Waals surface area contributed by atoms with Gasteiger partial charge < -0.3 is 10.6 Å². The van der Waals surface area contributed by atoms with Crippen LogP contribution in [-0.4, -0.2) is 24.4 Å². The van der Waals surface area contributed by atoms with Crippen molar-refractivity contribution in [1.29, 1.82) is 0 Å². The summed E-state index contributed by atoms with van der Waals surface area (Å²) >= 11 is 0. The van der Waals surface area contributed by atoms with Crippen LogP contribution in [0.2, 0.25) is 0 Å². The molecule has 0 heterocycles. The van der Waals surface area contributed by atoms with Gasteiger partial charge in [0, 0.05) is 13.6 Å². The van der Waals surface area contributed by atoms with Gasteiger partial charge in [-0.3, -0.25) is 4.79 Å². The minimum absolute atomic E-state index is 0.0962. The molecule has 1 amide bonds. The van der Waals surface area contributed by atoms with Gasteiger partial charge >= 0.3 is 0 Å². The average molecular weight is 204 g/mol. The molecule has 3 nitrogen and oxygen atoms in total. The molecule has 1 atom stereocenters. The minimum atomic E-state index is -0.587. The summed E-state index contributed by atoms with van der Waals surface area (Å²) in [5.41, 5.74) is 6.68. The van der Waals surface area contributed by atoms with Crippen LogP contribution in [0.4, 0.5) is 0 Å². The first kappa shape index (κ1) is 11.5. The summed E-state index contributed by atoms with van der Waals surface area (Å²) in [5.74, 6) is -0.0962. The molecule has 80 valence electrons. The summed E-state index contributed by atoms with van der Waals surface area (Å²) in [7, 11) is 1.72. The second-order valence-electron chi connectivity index (χ2n) is 3.40. The third-order valence-corrected chi connectivity index (χ3v) is 2.20. The maximum absolute atomic E-state index is 11.8. The third kappa shape index (κ3) is 2.92. The molecule has 0 fully saturated rings. The van der Waals surface area contributed by atoms with Crippen molar-refractivity contribution in [2.45, 2.75) is 6.04 Å². The Bertz CT molecular complexity index is 335. The molecule has 0 aromatic heterocycles. The first-order valence-corrected chi connectivity index (χ1v) is 4.83. The van der Waals surface area contributed by atoms with Crippen LogP contribution in [0.3, 0.4) is 0 Å². The van der Waals surface area contributed by atoms with Gasteiger partial charge in [0.2, 0.25) is 5.91 Å². The monoisotopic (exact) mass is 204 g/mol. The molecule has 0 saturated heterocycles. The van der Waals surface area contributed by atoms with Crippen LogP contribution in [0, 0.1) is 0 Å². The van der Waals surface area contributed by atoms with E-state index in [9.17, 15) is 4.79 Å². The van der Waals surface area contributed by atoms with Crippen LogP contribution in [0.25, 0.3) is 0 Å². The van der Waals surface area contributed by atoms with Crippen molar-refractivity contribution in [3.63, 3.8) is 0 Å². The zero-order valence-corrected chi connectivity index (χ0v) is 8.89. The molecule has 1 rings (SSSR count). The number of rotatable bonds is 4. The molecule has 2 N–H and O–H groups in total. The minimum Gasteiger partial charge on any atom is -0.340 e. The average Bonchev–Trinajstić information content (AvgIpc) is 2.28. The smallest absolute Gasteiger partial charge is 0.244 e. The summed E-state index contributed by atoms with van der Waals surface area (Å²) in [6.45, 7) is 4.09. The molecule has 1 unspecified atom stereocenters. The van der Waals surface area contributed by atoms with E-state index in [2.05, 4.69) is 6.58 Å². The van der Waals surface area contributed by atoms with Gasteiger partial charge in [0.25, 0.3) is 0 Å². The van der Waals surface area contributed by atoms with Crippen LogP contribution >= 0.6 is 0 Å². The van der Waals surface area contributed by atoms with Gasteiger partial charge in [-0.2, -0.15) is 0 Å². The standard InChI is InChI=1S/C12H16N2O/c1-3-9-14(2)12(15)11(13)10-7-5-4-6-8-10/h3-8,11H,1,9,13H2,2H3. The van der Waals surface area contributed by atoms with E-state index in [-0.39, 0.29) is 5.91 Å². The molecule has 1 aromatic carbocycles. The quantitative estimate of drug-likeness (QED) is 0.752. The van der Waals surface area contributed by atoms with Crippen LogP contribution < -0.4 is 5.73 Å². The van der Waals surface area contributed by atoms with E-state index in [0.717, 1.165) is 5.56 Å². The lowest BCUT2D eigenvalue weighted by atomic mass is 10.1. The van der Waals surface area contributed by atoms with Gasteiger partial charge in [-0.15, -0.1) is 6.58 Å². The van der Waals surface area contributed by atoms with Crippen LogP contribution in [0.5, 0.6) is 0 Å². The number of benzene rings is 1. The highest BCUT2D eigenvalue weighted by atomic mass is 16.2.